The van der Waals surface area contributed by atoms with Crippen molar-refractivity contribution in [1.82, 2.24) is 9.55 Å². The number of nitrogens with zero attached hydrogens (tertiary/aromatic N) is 2. The molecular weight excluding hydrogens is 402 g/mol. The Hall–Kier alpha value is -2.06. The molecule has 2 aromatic heterocycles. The molecule has 4 rings (SSSR count). The van der Waals surface area contributed by atoms with Crippen LogP contribution in [-0.4, -0.2) is 20.6 Å². The number of fused-ring (bicyclic) bond motifs is 3. The van der Waals surface area contributed by atoms with E-state index in [1.54, 1.807) is 25.3 Å². The number of aromatic nitrogens is 2. The second-order valence-electron chi connectivity index (χ2n) is 6.90. The van der Waals surface area contributed by atoms with E-state index in [9.17, 15) is 18.4 Å². The maximum Gasteiger partial charge on any atom is 0.262 e. The van der Waals surface area contributed by atoms with Crippen molar-refractivity contribution in [2.75, 3.05) is 0 Å². The van der Waals surface area contributed by atoms with Crippen molar-refractivity contribution in [1.29, 1.82) is 0 Å². The van der Waals surface area contributed by atoms with E-state index < -0.39 is 22.7 Å². The van der Waals surface area contributed by atoms with Crippen LogP contribution in [0.5, 0.6) is 0 Å². The normalized spacial score (nSPS) is 14.9. The Morgan fingerprint density at radius 3 is 2.79 bits per heavy atom. The SMILES string of the molecule is CC(Sc1nc2sc3c(c2c(=O)n1C)CCCC3)C(=O)c1ccc(F)cc1F. The Balaban J connectivity index is 1.68. The molecule has 0 saturated carbocycles. The summed E-state index contributed by atoms with van der Waals surface area (Å²) in [6, 6.07) is 2.90. The number of ketones is 1. The zero-order chi connectivity index (χ0) is 20.0. The van der Waals surface area contributed by atoms with E-state index in [1.165, 1.54) is 9.44 Å². The third-order valence-electron chi connectivity index (χ3n) is 5.00. The Kier molecular flexibility index (Phi) is 5.09. The molecule has 1 aromatic carbocycles. The molecule has 0 saturated heterocycles. The van der Waals surface area contributed by atoms with Gasteiger partial charge in [0.2, 0.25) is 0 Å². The summed E-state index contributed by atoms with van der Waals surface area (Å²) in [4.78, 5) is 32.1. The fraction of sp³-hybridized carbons (Fsp3) is 0.350. The summed E-state index contributed by atoms with van der Waals surface area (Å²) in [6.07, 6.45) is 4.07. The van der Waals surface area contributed by atoms with E-state index in [1.807, 2.05) is 0 Å². The third-order valence-corrected chi connectivity index (χ3v) is 7.33. The van der Waals surface area contributed by atoms with Gasteiger partial charge >= 0.3 is 0 Å². The van der Waals surface area contributed by atoms with Crippen molar-refractivity contribution >= 4 is 39.1 Å². The van der Waals surface area contributed by atoms with Gasteiger partial charge in [-0.2, -0.15) is 0 Å². The van der Waals surface area contributed by atoms with Crippen LogP contribution in [0.3, 0.4) is 0 Å². The van der Waals surface area contributed by atoms with Gasteiger partial charge in [0.05, 0.1) is 16.2 Å². The van der Waals surface area contributed by atoms with Gasteiger partial charge in [-0.1, -0.05) is 11.8 Å². The van der Waals surface area contributed by atoms with Crippen molar-refractivity contribution in [2.24, 2.45) is 7.05 Å². The van der Waals surface area contributed by atoms with Crippen LogP contribution in [0.15, 0.2) is 28.2 Å². The van der Waals surface area contributed by atoms with Crippen LogP contribution in [0.25, 0.3) is 10.2 Å². The lowest BCUT2D eigenvalue weighted by molar-refractivity contribution is 0.0990. The first-order valence-electron chi connectivity index (χ1n) is 9.04. The summed E-state index contributed by atoms with van der Waals surface area (Å²) in [6.45, 7) is 1.63. The molecule has 2 heterocycles. The minimum atomic E-state index is -0.888. The van der Waals surface area contributed by atoms with E-state index in [0.717, 1.165) is 55.1 Å². The molecule has 8 heteroatoms. The molecule has 0 N–H and O–H groups in total. The summed E-state index contributed by atoms with van der Waals surface area (Å²) >= 11 is 2.66. The first kappa shape index (κ1) is 19.3. The number of hydrogen-bond donors (Lipinski definition) is 0. The van der Waals surface area contributed by atoms with Crippen LogP contribution < -0.4 is 5.56 Å². The lowest BCUT2D eigenvalue weighted by atomic mass is 9.97. The maximum atomic E-state index is 13.9. The van der Waals surface area contributed by atoms with Gasteiger partial charge in [0.25, 0.3) is 5.56 Å². The van der Waals surface area contributed by atoms with Crippen LogP contribution in [0.2, 0.25) is 0 Å². The molecule has 3 aromatic rings. The molecule has 0 bridgehead atoms. The topological polar surface area (TPSA) is 52.0 Å². The second kappa shape index (κ2) is 7.40. The smallest absolute Gasteiger partial charge is 0.262 e. The summed E-state index contributed by atoms with van der Waals surface area (Å²) in [7, 11) is 1.64. The van der Waals surface area contributed by atoms with Gasteiger partial charge < -0.3 is 0 Å². The molecule has 1 aliphatic carbocycles. The molecule has 0 aliphatic heterocycles. The van der Waals surface area contributed by atoms with E-state index in [-0.39, 0.29) is 11.1 Å². The van der Waals surface area contributed by atoms with E-state index in [0.29, 0.717) is 21.4 Å². The number of rotatable bonds is 4. The zero-order valence-corrected chi connectivity index (χ0v) is 17.1. The summed E-state index contributed by atoms with van der Waals surface area (Å²) < 4.78 is 28.5. The number of thioether (sulfide) groups is 1. The van der Waals surface area contributed by atoms with Crippen LogP contribution in [0, 0.1) is 11.6 Å². The number of aryl methyl sites for hydroxylation is 2. The van der Waals surface area contributed by atoms with Gasteiger partial charge in [-0.15, -0.1) is 11.3 Å². The molecule has 146 valence electrons. The molecule has 0 spiro atoms. The van der Waals surface area contributed by atoms with Crippen molar-refractivity contribution < 1.29 is 13.6 Å². The van der Waals surface area contributed by atoms with Crippen LogP contribution in [0.1, 0.15) is 40.6 Å². The minimum absolute atomic E-state index is 0.112. The first-order valence-corrected chi connectivity index (χ1v) is 10.7. The van der Waals surface area contributed by atoms with Gasteiger partial charge in [-0.05, 0) is 50.3 Å². The number of halogens is 2. The van der Waals surface area contributed by atoms with E-state index in [4.69, 9.17) is 0 Å². The molecule has 0 fully saturated rings. The number of benzene rings is 1. The molecular formula is C20H18F2N2O2S2. The maximum absolute atomic E-state index is 13.9. The van der Waals surface area contributed by atoms with Gasteiger partial charge in [0.15, 0.2) is 10.9 Å². The molecule has 0 radical (unpaired) electrons. The molecule has 4 nitrogen and oxygen atoms in total. The minimum Gasteiger partial charge on any atom is -0.293 e. The molecule has 1 atom stereocenters. The fourth-order valence-corrected chi connectivity index (χ4v) is 5.74. The summed E-state index contributed by atoms with van der Waals surface area (Å²) in [5.41, 5.74) is 0.840. The van der Waals surface area contributed by atoms with Crippen LogP contribution >= 0.6 is 23.1 Å². The molecule has 28 heavy (non-hydrogen) atoms. The standard InChI is InChI=1S/C20H18F2N2O2S2/c1-10(17(25)12-8-7-11(21)9-14(12)22)27-20-23-18-16(19(26)24(20)2)13-5-3-4-6-15(13)28-18/h7-10H,3-6H2,1-2H3. The van der Waals surface area contributed by atoms with Crippen molar-refractivity contribution in [3.05, 3.63) is 56.2 Å². The van der Waals surface area contributed by atoms with Crippen molar-refractivity contribution in [2.45, 2.75) is 43.0 Å². The van der Waals surface area contributed by atoms with Crippen molar-refractivity contribution in [3.8, 4) is 0 Å². The molecule has 0 amide bonds. The quantitative estimate of drug-likeness (QED) is 0.354. The van der Waals surface area contributed by atoms with Gasteiger partial charge in [-0.3, -0.25) is 14.2 Å². The average Bonchev–Trinajstić information content (AvgIpc) is 3.03. The summed E-state index contributed by atoms with van der Waals surface area (Å²) in [5.74, 6) is -2.09. The largest absolute Gasteiger partial charge is 0.293 e. The third kappa shape index (κ3) is 3.28. The number of Topliss-reactive ketones (excluding diaryl/α,β-unsaturated/α-hetero) is 1. The van der Waals surface area contributed by atoms with Gasteiger partial charge in [0, 0.05) is 18.0 Å². The lowest BCUT2D eigenvalue weighted by Gasteiger charge is -2.13. The highest BCUT2D eigenvalue weighted by molar-refractivity contribution is 8.00. The summed E-state index contributed by atoms with van der Waals surface area (Å²) in [5, 5.41) is 0.430. The van der Waals surface area contributed by atoms with Crippen LogP contribution in [-0.2, 0) is 19.9 Å². The van der Waals surface area contributed by atoms with Crippen LogP contribution in [0.4, 0.5) is 8.78 Å². The van der Waals surface area contributed by atoms with Gasteiger partial charge in [-0.25, -0.2) is 13.8 Å². The number of thiophene rings is 1. The highest BCUT2D eigenvalue weighted by Gasteiger charge is 2.25. The lowest BCUT2D eigenvalue weighted by Crippen LogP contribution is -2.23. The second-order valence-corrected chi connectivity index (χ2v) is 9.29. The predicted octanol–water partition coefficient (Wildman–Crippen LogP) is 4.52. The number of hydrogen-bond acceptors (Lipinski definition) is 5. The number of carbonyl (C=O) groups excluding carboxylic acids is 1. The molecule has 1 aliphatic rings. The first-order chi connectivity index (χ1) is 13.4. The molecule has 1 unspecified atom stereocenters. The monoisotopic (exact) mass is 420 g/mol. The average molecular weight is 421 g/mol. The Labute approximate surface area is 168 Å². The van der Waals surface area contributed by atoms with E-state index >= 15 is 0 Å². The highest BCUT2D eigenvalue weighted by atomic mass is 32.2. The zero-order valence-electron chi connectivity index (χ0n) is 15.4. The highest BCUT2D eigenvalue weighted by Crippen LogP contribution is 2.35. The van der Waals surface area contributed by atoms with Crippen molar-refractivity contribution in [3.63, 3.8) is 0 Å². The number of carbonyl (C=O) groups is 1. The Morgan fingerprint density at radius 1 is 1.29 bits per heavy atom. The Bertz CT molecular complexity index is 1150. The fourth-order valence-electron chi connectivity index (χ4n) is 3.49. The Morgan fingerprint density at radius 2 is 2.04 bits per heavy atom. The predicted molar refractivity (Wildman–Crippen MR) is 108 cm³/mol. The van der Waals surface area contributed by atoms with Gasteiger partial charge in [0.1, 0.15) is 16.5 Å². The van der Waals surface area contributed by atoms with E-state index in [2.05, 4.69) is 4.98 Å².